The predicted octanol–water partition coefficient (Wildman–Crippen LogP) is 2.30. The smallest absolute Gasteiger partial charge is 0.274 e. The predicted molar refractivity (Wildman–Crippen MR) is 113 cm³/mol. The summed E-state index contributed by atoms with van der Waals surface area (Å²) in [5.41, 5.74) is 3.48. The molecule has 0 saturated carbocycles. The lowest BCUT2D eigenvalue weighted by molar-refractivity contribution is -0.131. The molecule has 0 bridgehead atoms. The number of carbonyl (C=O) groups excluding carboxylic acids is 1. The van der Waals surface area contributed by atoms with Crippen LogP contribution in [0.2, 0.25) is 0 Å². The summed E-state index contributed by atoms with van der Waals surface area (Å²) in [5.74, 6) is -0.00202. The number of aromatic amines is 1. The normalized spacial score (nSPS) is 13.4. The molecule has 3 heterocycles. The van der Waals surface area contributed by atoms with E-state index >= 15 is 0 Å². The van der Waals surface area contributed by atoms with Gasteiger partial charge in [-0.2, -0.15) is 5.10 Å². The largest absolute Gasteiger partial charge is 0.347 e. The van der Waals surface area contributed by atoms with Crippen molar-refractivity contribution in [3.63, 3.8) is 0 Å². The maximum Gasteiger partial charge on any atom is 0.274 e. The summed E-state index contributed by atoms with van der Waals surface area (Å²) in [4.78, 5) is 35.3. The van der Waals surface area contributed by atoms with E-state index in [-0.39, 0.29) is 17.9 Å². The molecule has 0 unspecified atom stereocenters. The topological polar surface area (TPSA) is 83.9 Å². The van der Waals surface area contributed by atoms with Crippen LogP contribution in [-0.2, 0) is 30.7 Å². The summed E-state index contributed by atoms with van der Waals surface area (Å²) >= 11 is 0. The highest BCUT2D eigenvalue weighted by Crippen LogP contribution is 2.19. The first-order valence-electron chi connectivity index (χ1n) is 10.0. The maximum absolute atomic E-state index is 13.1. The first-order chi connectivity index (χ1) is 14.7. The van der Waals surface area contributed by atoms with Gasteiger partial charge in [0, 0.05) is 18.4 Å². The quantitative estimate of drug-likeness (QED) is 0.571. The van der Waals surface area contributed by atoms with Crippen molar-refractivity contribution in [2.24, 2.45) is 0 Å². The van der Waals surface area contributed by atoms with Crippen LogP contribution in [0.3, 0.4) is 0 Å². The van der Waals surface area contributed by atoms with Gasteiger partial charge in [0.25, 0.3) is 5.56 Å². The molecule has 0 aliphatic carbocycles. The molecule has 7 nitrogen and oxygen atoms in total. The summed E-state index contributed by atoms with van der Waals surface area (Å²) in [6.45, 7) is 1.53. The number of aromatic nitrogens is 4. The van der Waals surface area contributed by atoms with Gasteiger partial charge in [-0.15, -0.1) is 0 Å². The van der Waals surface area contributed by atoms with E-state index in [1.807, 2.05) is 53.4 Å². The van der Waals surface area contributed by atoms with Gasteiger partial charge in [0.05, 0.1) is 48.3 Å². The molecule has 4 aromatic rings. The zero-order valence-corrected chi connectivity index (χ0v) is 16.4. The van der Waals surface area contributed by atoms with Gasteiger partial charge in [-0.25, -0.2) is 9.67 Å². The van der Waals surface area contributed by atoms with Crippen molar-refractivity contribution >= 4 is 16.7 Å². The van der Waals surface area contributed by atoms with Crippen LogP contribution >= 0.6 is 0 Å². The lowest BCUT2D eigenvalue weighted by Gasteiger charge is -2.26. The number of H-pyrrole nitrogens is 1. The molecule has 0 spiro atoms. The van der Waals surface area contributed by atoms with E-state index in [9.17, 15) is 9.59 Å². The SMILES string of the molecule is O=C(Cc1nn(Cc2ccccc2)c(=O)c2ccccc12)N1CCc2nc[nH]c2C1. The van der Waals surface area contributed by atoms with Crippen molar-refractivity contribution in [2.45, 2.75) is 25.9 Å². The third kappa shape index (κ3) is 3.39. The number of amides is 1. The number of benzene rings is 2. The minimum atomic E-state index is -0.147. The molecule has 1 aliphatic rings. The van der Waals surface area contributed by atoms with Gasteiger partial charge in [-0.05, 0) is 11.6 Å². The number of rotatable bonds is 4. The van der Waals surface area contributed by atoms with Gasteiger partial charge in [0.1, 0.15) is 0 Å². The van der Waals surface area contributed by atoms with Crippen LogP contribution in [0.4, 0.5) is 0 Å². The summed E-state index contributed by atoms with van der Waals surface area (Å²) < 4.78 is 1.46. The molecule has 1 amide bonds. The third-order valence-electron chi connectivity index (χ3n) is 5.57. The molecule has 7 heteroatoms. The second-order valence-corrected chi connectivity index (χ2v) is 7.51. The van der Waals surface area contributed by atoms with Crippen LogP contribution in [0.25, 0.3) is 10.8 Å². The summed E-state index contributed by atoms with van der Waals surface area (Å²) in [6.07, 6.45) is 2.57. The molecular weight excluding hydrogens is 378 g/mol. The first kappa shape index (κ1) is 18.3. The van der Waals surface area contributed by atoms with E-state index in [0.29, 0.717) is 30.7 Å². The molecule has 150 valence electrons. The number of nitrogens with one attached hydrogen (secondary N) is 1. The van der Waals surface area contributed by atoms with Crippen molar-refractivity contribution < 1.29 is 4.79 Å². The molecule has 0 atom stereocenters. The summed E-state index contributed by atoms with van der Waals surface area (Å²) in [6, 6.07) is 17.1. The Bertz CT molecular complexity index is 1280. The molecule has 2 aromatic carbocycles. The molecule has 2 aromatic heterocycles. The lowest BCUT2D eigenvalue weighted by atomic mass is 10.1. The van der Waals surface area contributed by atoms with Gasteiger partial charge in [-0.3, -0.25) is 9.59 Å². The molecule has 0 radical (unpaired) electrons. The Morgan fingerprint density at radius 2 is 1.80 bits per heavy atom. The summed E-state index contributed by atoms with van der Waals surface area (Å²) in [5, 5.41) is 5.92. The van der Waals surface area contributed by atoms with E-state index in [2.05, 4.69) is 15.1 Å². The second-order valence-electron chi connectivity index (χ2n) is 7.51. The fourth-order valence-corrected chi connectivity index (χ4v) is 3.98. The average Bonchev–Trinajstić information content (AvgIpc) is 3.25. The minimum Gasteiger partial charge on any atom is -0.347 e. The molecule has 30 heavy (non-hydrogen) atoms. The van der Waals surface area contributed by atoms with E-state index in [1.165, 1.54) is 4.68 Å². The second kappa shape index (κ2) is 7.59. The van der Waals surface area contributed by atoms with Crippen LogP contribution in [-0.4, -0.2) is 37.1 Å². The first-order valence-corrected chi connectivity index (χ1v) is 10.0. The van der Waals surface area contributed by atoms with Crippen molar-refractivity contribution in [3.05, 3.63) is 93.9 Å². The van der Waals surface area contributed by atoms with Crippen molar-refractivity contribution in [1.29, 1.82) is 0 Å². The third-order valence-corrected chi connectivity index (χ3v) is 5.57. The van der Waals surface area contributed by atoms with Crippen LogP contribution < -0.4 is 5.56 Å². The molecular formula is C23H21N5O2. The number of carbonyl (C=O) groups is 1. The van der Waals surface area contributed by atoms with E-state index in [4.69, 9.17) is 0 Å². The number of hydrogen-bond acceptors (Lipinski definition) is 4. The van der Waals surface area contributed by atoms with Gasteiger partial charge >= 0.3 is 0 Å². The Labute approximate surface area is 173 Å². The Hall–Kier alpha value is -3.74. The minimum absolute atomic E-state index is 0.00202. The van der Waals surface area contributed by atoms with Crippen molar-refractivity contribution in [2.75, 3.05) is 6.54 Å². The highest BCUT2D eigenvalue weighted by atomic mass is 16.2. The number of nitrogens with zero attached hydrogens (tertiary/aromatic N) is 4. The summed E-state index contributed by atoms with van der Waals surface area (Å²) in [7, 11) is 0. The number of fused-ring (bicyclic) bond motifs is 2. The van der Waals surface area contributed by atoms with Crippen LogP contribution in [0.1, 0.15) is 22.6 Å². The fraction of sp³-hybridized carbons (Fsp3) is 0.217. The van der Waals surface area contributed by atoms with Crippen molar-refractivity contribution in [3.8, 4) is 0 Å². The molecule has 1 N–H and O–H groups in total. The van der Waals surface area contributed by atoms with Gasteiger partial charge < -0.3 is 9.88 Å². The zero-order chi connectivity index (χ0) is 20.5. The lowest BCUT2D eigenvalue weighted by Crippen LogP contribution is -2.37. The Morgan fingerprint density at radius 1 is 1.03 bits per heavy atom. The number of hydrogen-bond donors (Lipinski definition) is 1. The van der Waals surface area contributed by atoms with E-state index in [1.54, 1.807) is 12.4 Å². The zero-order valence-electron chi connectivity index (χ0n) is 16.4. The number of imidazole rings is 1. The average molecular weight is 399 g/mol. The fourth-order valence-electron chi connectivity index (χ4n) is 3.98. The Balaban J connectivity index is 1.48. The van der Waals surface area contributed by atoms with Gasteiger partial charge in [0.2, 0.25) is 5.91 Å². The van der Waals surface area contributed by atoms with Crippen molar-refractivity contribution in [1.82, 2.24) is 24.6 Å². The standard InChI is InChI=1S/C23H21N5O2/c29-22(27-11-10-19-21(14-27)25-15-24-19)12-20-17-8-4-5-9-18(17)23(30)28(26-20)13-16-6-2-1-3-7-16/h1-9,15H,10-14H2,(H,24,25). The van der Waals surface area contributed by atoms with Gasteiger partial charge in [0.15, 0.2) is 0 Å². The highest BCUT2D eigenvalue weighted by molar-refractivity contribution is 5.88. The molecule has 0 fully saturated rings. The molecule has 0 saturated heterocycles. The van der Waals surface area contributed by atoms with E-state index in [0.717, 1.165) is 28.8 Å². The van der Waals surface area contributed by atoms with Gasteiger partial charge in [-0.1, -0.05) is 48.5 Å². The van der Waals surface area contributed by atoms with Crippen LogP contribution in [0.5, 0.6) is 0 Å². The highest BCUT2D eigenvalue weighted by Gasteiger charge is 2.24. The van der Waals surface area contributed by atoms with Crippen LogP contribution in [0, 0.1) is 0 Å². The maximum atomic E-state index is 13.1. The van der Waals surface area contributed by atoms with Crippen LogP contribution in [0.15, 0.2) is 65.7 Å². The monoisotopic (exact) mass is 399 g/mol. The Morgan fingerprint density at radius 3 is 2.63 bits per heavy atom. The van der Waals surface area contributed by atoms with E-state index < -0.39 is 0 Å². The molecule has 1 aliphatic heterocycles. The molecule has 5 rings (SSSR count). The Kier molecular flexibility index (Phi) is 4.63.